The Hall–Kier alpha value is -1.45. The van der Waals surface area contributed by atoms with E-state index in [1.165, 1.54) is 0 Å². The molecule has 0 aliphatic heterocycles. The Morgan fingerprint density at radius 1 is 1.55 bits per heavy atom. The summed E-state index contributed by atoms with van der Waals surface area (Å²) in [5, 5.41) is 0. The molecule has 0 atom stereocenters. The highest BCUT2D eigenvalue weighted by Crippen LogP contribution is 2.02. The fourth-order valence-electron chi connectivity index (χ4n) is 0.556. The van der Waals surface area contributed by atoms with Crippen molar-refractivity contribution in [2.45, 2.75) is 6.92 Å². The van der Waals surface area contributed by atoms with Crippen molar-refractivity contribution in [1.82, 2.24) is 9.97 Å². The predicted octanol–water partition coefficient (Wildman–Crippen LogP) is 1.17. The molecule has 11 heavy (non-hydrogen) atoms. The molecule has 1 aromatic heterocycles. The molecule has 0 radical (unpaired) electrons. The van der Waals surface area contributed by atoms with Crippen LogP contribution in [0.4, 0.5) is 5.82 Å². The van der Waals surface area contributed by atoms with Crippen LogP contribution >= 0.6 is 0 Å². The zero-order valence-electron chi connectivity index (χ0n) is 6.48. The number of aliphatic imine (C=N–C) groups is 1. The van der Waals surface area contributed by atoms with E-state index in [-0.39, 0.29) is 0 Å². The number of ether oxygens (including phenoxy) is 1. The number of nitrogens with zero attached hydrogens (tertiary/aromatic N) is 3. The molecule has 0 spiro atoms. The standard InChI is InChI=1S/C7H9N3O/c1-6(11-2)10-7-5-8-3-4-9-7/h3-5H,1-2H3. The van der Waals surface area contributed by atoms with Crippen LogP contribution in [0.15, 0.2) is 23.6 Å². The molecule has 0 N–H and O–H groups in total. The van der Waals surface area contributed by atoms with Gasteiger partial charge in [0.25, 0.3) is 0 Å². The van der Waals surface area contributed by atoms with E-state index in [0.29, 0.717) is 11.7 Å². The van der Waals surface area contributed by atoms with E-state index in [2.05, 4.69) is 15.0 Å². The molecule has 0 bridgehead atoms. The Morgan fingerprint density at radius 3 is 2.91 bits per heavy atom. The van der Waals surface area contributed by atoms with Crippen LogP contribution in [0.5, 0.6) is 0 Å². The number of hydrogen-bond donors (Lipinski definition) is 0. The molecule has 0 saturated heterocycles. The van der Waals surface area contributed by atoms with Crippen molar-refractivity contribution in [2.24, 2.45) is 4.99 Å². The molecule has 0 aliphatic carbocycles. The molecule has 58 valence electrons. The van der Waals surface area contributed by atoms with E-state index in [4.69, 9.17) is 4.74 Å². The topological polar surface area (TPSA) is 47.4 Å². The second-order valence-corrected chi connectivity index (χ2v) is 1.90. The maximum absolute atomic E-state index is 4.84. The van der Waals surface area contributed by atoms with Crippen LogP contribution in [-0.2, 0) is 4.74 Å². The molecule has 1 aromatic rings. The Labute approximate surface area is 65.0 Å². The van der Waals surface area contributed by atoms with Gasteiger partial charge >= 0.3 is 0 Å². The van der Waals surface area contributed by atoms with Crippen molar-refractivity contribution < 1.29 is 4.74 Å². The number of rotatable bonds is 1. The molecule has 0 fully saturated rings. The summed E-state index contributed by atoms with van der Waals surface area (Å²) >= 11 is 0. The monoisotopic (exact) mass is 151 g/mol. The third-order valence-corrected chi connectivity index (χ3v) is 1.12. The summed E-state index contributed by atoms with van der Waals surface area (Å²) < 4.78 is 4.84. The van der Waals surface area contributed by atoms with Crippen LogP contribution in [0.3, 0.4) is 0 Å². The molecule has 0 saturated carbocycles. The normalized spacial score (nSPS) is 11.3. The smallest absolute Gasteiger partial charge is 0.186 e. The first-order valence-corrected chi connectivity index (χ1v) is 3.18. The average Bonchev–Trinajstić information content (AvgIpc) is 2.06. The molecule has 4 nitrogen and oxygen atoms in total. The summed E-state index contributed by atoms with van der Waals surface area (Å²) in [7, 11) is 1.56. The first-order chi connectivity index (χ1) is 5.33. The van der Waals surface area contributed by atoms with Crippen molar-refractivity contribution in [2.75, 3.05) is 7.11 Å². The summed E-state index contributed by atoms with van der Waals surface area (Å²) in [6.45, 7) is 1.76. The van der Waals surface area contributed by atoms with E-state index in [9.17, 15) is 0 Å². The van der Waals surface area contributed by atoms with Gasteiger partial charge in [-0.1, -0.05) is 0 Å². The van der Waals surface area contributed by atoms with Gasteiger partial charge in [0.2, 0.25) is 0 Å². The van der Waals surface area contributed by atoms with Gasteiger partial charge < -0.3 is 4.74 Å². The fraction of sp³-hybridized carbons (Fsp3) is 0.286. The third kappa shape index (κ3) is 2.33. The maximum atomic E-state index is 4.84. The SMILES string of the molecule is COC(C)=Nc1cnccn1. The van der Waals surface area contributed by atoms with E-state index in [1.54, 1.807) is 32.6 Å². The second kappa shape index (κ2) is 3.65. The van der Waals surface area contributed by atoms with E-state index >= 15 is 0 Å². The van der Waals surface area contributed by atoms with Crippen LogP contribution in [0.25, 0.3) is 0 Å². The van der Waals surface area contributed by atoms with Gasteiger partial charge in [0.05, 0.1) is 13.3 Å². The van der Waals surface area contributed by atoms with Crippen molar-refractivity contribution in [3.05, 3.63) is 18.6 Å². The molecule has 1 rings (SSSR count). The minimum absolute atomic E-state index is 0.562. The Balaban J connectivity index is 2.79. The molecule has 1 heterocycles. The van der Waals surface area contributed by atoms with Gasteiger partial charge in [-0.3, -0.25) is 4.98 Å². The zero-order valence-corrected chi connectivity index (χ0v) is 6.48. The van der Waals surface area contributed by atoms with E-state index in [1.807, 2.05) is 0 Å². The van der Waals surface area contributed by atoms with Crippen LogP contribution in [0.1, 0.15) is 6.92 Å². The molecule has 0 amide bonds. The Morgan fingerprint density at radius 2 is 2.36 bits per heavy atom. The summed E-state index contributed by atoms with van der Waals surface area (Å²) in [6, 6.07) is 0. The molecule has 0 unspecified atom stereocenters. The van der Waals surface area contributed by atoms with Crippen molar-refractivity contribution in [3.8, 4) is 0 Å². The highest BCUT2D eigenvalue weighted by Gasteiger charge is 1.89. The van der Waals surface area contributed by atoms with Gasteiger partial charge in [0.1, 0.15) is 0 Å². The van der Waals surface area contributed by atoms with Gasteiger partial charge in [-0.25, -0.2) is 4.98 Å². The number of hydrogen-bond acceptors (Lipinski definition) is 4. The highest BCUT2D eigenvalue weighted by atomic mass is 16.5. The van der Waals surface area contributed by atoms with Gasteiger partial charge in [-0.15, -0.1) is 0 Å². The van der Waals surface area contributed by atoms with E-state index in [0.717, 1.165) is 0 Å². The fourth-order valence-corrected chi connectivity index (χ4v) is 0.556. The van der Waals surface area contributed by atoms with Gasteiger partial charge in [0.15, 0.2) is 11.7 Å². The van der Waals surface area contributed by atoms with Gasteiger partial charge in [-0.05, 0) is 0 Å². The highest BCUT2D eigenvalue weighted by molar-refractivity contribution is 5.75. The first-order valence-electron chi connectivity index (χ1n) is 3.18. The molecule has 0 aliphatic rings. The maximum Gasteiger partial charge on any atom is 0.186 e. The summed E-state index contributed by atoms with van der Waals surface area (Å²) in [5.41, 5.74) is 0. The zero-order chi connectivity index (χ0) is 8.10. The van der Waals surface area contributed by atoms with Gasteiger partial charge in [-0.2, -0.15) is 4.99 Å². The largest absolute Gasteiger partial charge is 0.484 e. The lowest BCUT2D eigenvalue weighted by Gasteiger charge is -1.95. The lowest BCUT2D eigenvalue weighted by molar-refractivity contribution is 0.400. The van der Waals surface area contributed by atoms with Crippen LogP contribution in [0.2, 0.25) is 0 Å². The molecular formula is C7H9N3O. The van der Waals surface area contributed by atoms with Crippen molar-refractivity contribution in [3.63, 3.8) is 0 Å². The molecule has 0 aromatic carbocycles. The summed E-state index contributed by atoms with van der Waals surface area (Å²) in [6.07, 6.45) is 4.76. The number of aromatic nitrogens is 2. The molecular weight excluding hydrogens is 142 g/mol. The Kier molecular flexibility index (Phi) is 2.54. The van der Waals surface area contributed by atoms with E-state index < -0.39 is 0 Å². The van der Waals surface area contributed by atoms with Gasteiger partial charge in [0, 0.05) is 19.3 Å². The van der Waals surface area contributed by atoms with Crippen LogP contribution in [0, 0.1) is 0 Å². The summed E-state index contributed by atoms with van der Waals surface area (Å²) in [5.74, 6) is 1.14. The summed E-state index contributed by atoms with van der Waals surface area (Å²) in [4.78, 5) is 11.8. The minimum atomic E-state index is 0.562. The molecule has 4 heteroatoms. The minimum Gasteiger partial charge on any atom is -0.484 e. The Bertz CT molecular complexity index is 245. The average molecular weight is 151 g/mol. The van der Waals surface area contributed by atoms with Crippen LogP contribution < -0.4 is 0 Å². The second-order valence-electron chi connectivity index (χ2n) is 1.90. The number of methoxy groups -OCH3 is 1. The lowest BCUT2D eigenvalue weighted by Crippen LogP contribution is -1.92. The van der Waals surface area contributed by atoms with Crippen molar-refractivity contribution in [1.29, 1.82) is 0 Å². The van der Waals surface area contributed by atoms with Crippen LogP contribution in [-0.4, -0.2) is 23.0 Å². The predicted molar refractivity (Wildman–Crippen MR) is 41.8 cm³/mol. The third-order valence-electron chi connectivity index (χ3n) is 1.12. The first kappa shape index (κ1) is 7.65. The quantitative estimate of drug-likeness (QED) is 0.447. The van der Waals surface area contributed by atoms with Crippen molar-refractivity contribution >= 4 is 11.7 Å². The lowest BCUT2D eigenvalue weighted by atomic mass is 10.6.